The first-order valence-corrected chi connectivity index (χ1v) is 44.5. The van der Waals surface area contributed by atoms with Crippen molar-refractivity contribution in [3.63, 3.8) is 0 Å². The lowest BCUT2D eigenvalue weighted by Crippen LogP contribution is -2.63. The molecule has 0 aliphatic rings. The molecule has 3 rings (SSSR count). The fraction of sp³-hybridized carbons (Fsp3) is 0.581. The number of benzene rings is 2. The molecule has 0 saturated heterocycles. The zero-order valence-electron chi connectivity index (χ0n) is 78.3. The van der Waals surface area contributed by atoms with E-state index in [1.165, 1.54) is 57.6 Å². The average Bonchev–Trinajstić information content (AvgIpc) is 1.05. The third-order valence-electron chi connectivity index (χ3n) is 20.7. The van der Waals surface area contributed by atoms with E-state index < -0.39 is 265 Å². The first-order valence-electron chi connectivity index (χ1n) is 44.5. The number of carbonyl (C=O) groups is 18. The van der Waals surface area contributed by atoms with Crippen molar-refractivity contribution < 1.29 is 107 Å². The van der Waals surface area contributed by atoms with Crippen LogP contribution in [0.2, 0.25) is 0 Å². The monoisotopic (exact) mass is 1920 g/mol. The maximum atomic E-state index is 15.1. The van der Waals surface area contributed by atoms with Crippen LogP contribution in [-0.2, 0) is 106 Å². The Labute approximate surface area is 787 Å². The predicted molar refractivity (Wildman–Crippen MR) is 494 cm³/mol. The number of hydrogen-bond donors (Lipinski definition) is 31. The van der Waals surface area contributed by atoms with Gasteiger partial charge in [0.05, 0.1) is 25.5 Å². The van der Waals surface area contributed by atoms with Gasteiger partial charge in [-0.05, 0) is 125 Å². The van der Waals surface area contributed by atoms with Crippen LogP contribution >= 0.6 is 0 Å². The van der Waals surface area contributed by atoms with E-state index in [0.717, 1.165) is 13.8 Å². The highest BCUT2D eigenvalue weighted by atomic mass is 16.4. The van der Waals surface area contributed by atoms with E-state index >= 15 is 9.59 Å². The number of aliphatic carboxylic acids is 1. The van der Waals surface area contributed by atoms with E-state index in [2.05, 4.69) is 106 Å². The lowest BCUT2D eigenvalue weighted by molar-refractivity contribution is -0.142. The van der Waals surface area contributed by atoms with E-state index in [9.17, 15) is 97.1 Å². The molecule has 0 aliphatic heterocycles. The van der Waals surface area contributed by atoms with Crippen molar-refractivity contribution in [3.05, 3.63) is 83.9 Å². The molecule has 754 valence electrons. The predicted octanol–water partition coefficient (Wildman–Crippen LogP) is -7.36. The summed E-state index contributed by atoms with van der Waals surface area (Å²) in [5, 5.41) is 109. The Kier molecular flexibility index (Phi) is 50.5. The van der Waals surface area contributed by atoms with E-state index in [1.54, 1.807) is 71.9 Å². The molecule has 1 heterocycles. The number of carboxylic acid groups (broad SMARTS) is 1. The summed E-state index contributed by atoms with van der Waals surface area (Å²) in [7, 11) is 0. The van der Waals surface area contributed by atoms with Crippen LogP contribution in [-0.4, -0.2) is 278 Å². The number of aromatic amines is 1. The van der Waals surface area contributed by atoms with Crippen LogP contribution in [0.25, 0.3) is 0 Å². The molecule has 1 aromatic heterocycles. The topological polar surface area (TPSA) is 835 Å². The van der Waals surface area contributed by atoms with Gasteiger partial charge in [-0.25, -0.2) is 9.78 Å². The van der Waals surface area contributed by atoms with Crippen molar-refractivity contribution >= 4 is 124 Å². The van der Waals surface area contributed by atoms with Crippen LogP contribution in [0, 0.1) is 39.9 Å². The van der Waals surface area contributed by atoms with Crippen molar-refractivity contribution in [3.8, 4) is 5.75 Å². The first-order chi connectivity index (χ1) is 63.9. The van der Waals surface area contributed by atoms with Crippen molar-refractivity contribution in [2.45, 2.75) is 269 Å². The molecule has 0 aliphatic carbocycles. The number of amides is 17. The Hall–Kier alpha value is -14.4. The molecule has 2 aromatic carbocycles. The molecule has 0 radical (unpaired) electrons. The Balaban J connectivity index is 2.01. The average molecular weight is 1920 g/mol. The molecule has 136 heavy (non-hydrogen) atoms. The number of aliphatic hydroxyl groups excluding tert-OH is 2. The van der Waals surface area contributed by atoms with Crippen LogP contribution in [0.1, 0.15) is 170 Å². The molecular weight excluding hydrogens is 1780 g/mol. The zero-order chi connectivity index (χ0) is 102. The number of rotatable bonds is 62. The third-order valence-corrected chi connectivity index (χ3v) is 20.7. The van der Waals surface area contributed by atoms with Crippen molar-refractivity contribution in [1.82, 2.24) is 106 Å². The number of H-pyrrole nitrogens is 1. The normalized spacial score (nSPS) is 14.7. The van der Waals surface area contributed by atoms with Gasteiger partial charge in [-0.3, -0.25) is 97.7 Å². The Morgan fingerprint density at radius 1 is 0.382 bits per heavy atom. The maximum Gasteiger partial charge on any atom is 0.326 e. The van der Waals surface area contributed by atoms with Gasteiger partial charge < -0.3 is 150 Å². The molecule has 17 amide bonds. The number of carbonyl (C=O) groups excluding carboxylic acids is 17. The second kappa shape index (κ2) is 59.3. The zero-order valence-corrected chi connectivity index (χ0v) is 78.3. The summed E-state index contributed by atoms with van der Waals surface area (Å²) in [6.45, 7) is 15.7. The highest BCUT2D eigenvalue weighted by Crippen LogP contribution is 2.18. The highest BCUT2D eigenvalue weighted by Gasteiger charge is 2.41. The summed E-state index contributed by atoms with van der Waals surface area (Å²) >= 11 is 0. The van der Waals surface area contributed by atoms with Gasteiger partial charge >= 0.3 is 5.97 Å². The smallest absolute Gasteiger partial charge is 0.326 e. The standard InChI is InChI=1S/C86H138N28O22/c1-42(2)32-57(107-80(132)64(40-115)112-69(121)46(9)100-48(11)117)74(126)102-53(20-15-29-96-84(89)90)71(123)109-61(37-51-39-95-41-99-51)77(129)108-60(35-49-18-13-12-14-19-49)76(128)105-58(33-43(3)4)75(127)110-62(38-66(88)120)78(130)106-59(34-44(5)6)79(131)113-67(45(7)8)81(133)114-68(47(10)116)82(134)104-55(22-17-31-98-86(93)94)70(122)103-56(27-28-65(87)119)73(125)101-54(21-16-30-97-85(91)92)72(124)111-63(83(135)136)36-50-23-25-52(118)26-24-50/h12-14,18-19,23-26,39,41-47,53-64,67-68,115-116,118H,15-17,20-22,27-38,40H2,1-11H3,(H2,87,119)(H2,88,120)(H,95,99)(H,100,117)(H,101,125)(H,102,126)(H,103,122)(H,104,134)(H,105,128)(H,106,130)(H,107,132)(H,108,129)(H,109,123)(H,110,127)(H,111,124)(H,112,121)(H,113,131)(H,114,133)(H,135,136)(H4,89,90,96)(H4,91,92,97)(H4,93,94,98)/t46-,47+,53-,54-,55-,56-,57-,58-,59-,60-,61-,62-,63-,64-,67-,68-/m0/s1. The fourth-order valence-corrected chi connectivity index (χ4v) is 13.7. The number of hydrogen-bond acceptors (Lipinski definition) is 25. The van der Waals surface area contributed by atoms with Gasteiger partial charge in [0, 0.05) is 64.1 Å². The van der Waals surface area contributed by atoms with Gasteiger partial charge in [-0.2, -0.15) is 0 Å². The van der Waals surface area contributed by atoms with Crippen LogP contribution in [0.4, 0.5) is 0 Å². The molecule has 0 spiro atoms. The number of phenolic OH excluding ortho intramolecular Hbond substituents is 1. The molecule has 50 nitrogen and oxygen atoms in total. The number of aromatic hydroxyl groups is 1. The summed E-state index contributed by atoms with van der Waals surface area (Å²) in [5.41, 5.74) is 28.8. The van der Waals surface area contributed by atoms with Crippen molar-refractivity contribution in [1.29, 1.82) is 16.2 Å². The van der Waals surface area contributed by atoms with Gasteiger partial charge in [0.1, 0.15) is 96.4 Å². The summed E-state index contributed by atoms with van der Waals surface area (Å²) in [4.78, 5) is 258. The number of nitrogens with zero attached hydrogens (tertiary/aromatic N) is 1. The number of imidazole rings is 1. The number of nitrogens with one attached hydrogen (secondary N) is 22. The summed E-state index contributed by atoms with van der Waals surface area (Å²) in [5.74, 6) is -22.2. The minimum Gasteiger partial charge on any atom is -0.508 e. The molecule has 0 unspecified atom stereocenters. The number of phenols is 1. The number of aliphatic hydroxyl groups is 2. The Morgan fingerprint density at radius 3 is 1.10 bits per heavy atom. The molecule has 3 aromatic rings. The molecule has 0 bridgehead atoms. The van der Waals surface area contributed by atoms with Gasteiger partial charge in [0.25, 0.3) is 0 Å². The third kappa shape index (κ3) is 44.5. The maximum absolute atomic E-state index is 15.1. The number of carboxylic acids is 1. The Morgan fingerprint density at radius 2 is 0.721 bits per heavy atom. The highest BCUT2D eigenvalue weighted by molar-refractivity contribution is 6.02. The second-order valence-electron chi connectivity index (χ2n) is 34.5. The minimum atomic E-state index is -1.96. The fourth-order valence-electron chi connectivity index (χ4n) is 13.7. The second-order valence-corrected chi connectivity index (χ2v) is 34.5. The van der Waals surface area contributed by atoms with Crippen LogP contribution < -0.4 is 124 Å². The Bertz CT molecular complexity index is 4540. The summed E-state index contributed by atoms with van der Waals surface area (Å²) in [6.07, 6.45) is -3.20. The molecule has 0 fully saturated rings. The van der Waals surface area contributed by atoms with Crippen molar-refractivity contribution in [2.75, 3.05) is 26.2 Å². The number of aromatic nitrogens is 2. The van der Waals surface area contributed by atoms with Gasteiger partial charge in [-0.15, -0.1) is 0 Å². The van der Waals surface area contributed by atoms with Gasteiger partial charge in [-0.1, -0.05) is 97.9 Å². The molecule has 36 N–H and O–H groups in total. The summed E-state index contributed by atoms with van der Waals surface area (Å²) in [6, 6.07) is -10.5. The van der Waals surface area contributed by atoms with Crippen LogP contribution in [0.3, 0.4) is 0 Å². The minimum absolute atomic E-state index is 0.00560. The summed E-state index contributed by atoms with van der Waals surface area (Å²) < 4.78 is 0. The van der Waals surface area contributed by atoms with E-state index in [4.69, 9.17) is 44.9 Å². The number of primary amides is 2. The lowest BCUT2D eigenvalue weighted by atomic mass is 9.98. The lowest BCUT2D eigenvalue weighted by Gasteiger charge is -2.30. The molecular formula is C86H138N28O22. The van der Waals surface area contributed by atoms with Crippen LogP contribution in [0.15, 0.2) is 67.1 Å². The van der Waals surface area contributed by atoms with E-state index in [-0.39, 0.29) is 114 Å². The quantitative estimate of drug-likeness (QED) is 0.0142. The molecule has 0 saturated carbocycles. The van der Waals surface area contributed by atoms with E-state index in [0.29, 0.717) is 11.1 Å². The molecule has 16 atom stereocenters. The largest absolute Gasteiger partial charge is 0.508 e. The van der Waals surface area contributed by atoms with E-state index in [1.807, 2.05) is 0 Å². The van der Waals surface area contributed by atoms with Gasteiger partial charge in [0.15, 0.2) is 17.9 Å². The van der Waals surface area contributed by atoms with Crippen molar-refractivity contribution in [2.24, 2.45) is 52.3 Å². The number of guanidine groups is 3. The number of nitrogens with two attached hydrogens (primary N) is 5. The first kappa shape index (κ1) is 116. The van der Waals surface area contributed by atoms with Gasteiger partial charge in [0.2, 0.25) is 100 Å². The molecule has 50 heteroatoms. The van der Waals surface area contributed by atoms with Crippen LogP contribution in [0.5, 0.6) is 5.75 Å². The SMILES string of the molecule is CC(=O)N[C@@H](C)C(=O)N[C@@H](CO)C(=O)N[C@@H](CC(C)C)C(=O)N[C@@H](CCCNC(=N)N)C(=O)N[C@@H](Cc1cnc[nH]1)C(=O)N[C@@H](Cc1ccccc1)C(=O)N[C@@H](CC(C)C)C(=O)N[C@@H](CC(N)=O)C(=O)N[C@@H](CC(C)C)C(=O)N[C@H](C(=O)N[C@H](C(=O)N[C@@H](CCCNC(=N)N)C(=O)N[C@@H](CCC(N)=O)C(=O)N[C@@H](CCCNC(=N)N)C(=O)N[C@@H](Cc1ccc(O)cc1)C(=O)O)[C@@H](C)O)C(C)C.